The van der Waals surface area contributed by atoms with Crippen molar-refractivity contribution in [2.45, 2.75) is 25.8 Å². The smallest absolute Gasteiger partial charge is 0.108 e. The summed E-state index contributed by atoms with van der Waals surface area (Å²) in [5.41, 5.74) is 1.39. The van der Waals surface area contributed by atoms with E-state index in [0.717, 1.165) is 25.2 Å². The van der Waals surface area contributed by atoms with Crippen molar-refractivity contribution >= 4 is 11.3 Å². The maximum atomic E-state index is 4.37. The lowest BCUT2D eigenvalue weighted by Gasteiger charge is -2.16. The topological polar surface area (TPSA) is 29.9 Å². The molecule has 4 heteroatoms. The van der Waals surface area contributed by atoms with E-state index < -0.39 is 0 Å². The molecule has 0 aliphatic rings. The Labute approximate surface area is 107 Å². The molecule has 2 rings (SSSR count). The summed E-state index contributed by atoms with van der Waals surface area (Å²) in [7, 11) is 2.05. The van der Waals surface area contributed by atoms with Crippen molar-refractivity contribution in [1.82, 2.24) is 14.9 Å². The van der Waals surface area contributed by atoms with Crippen molar-refractivity contribution in [3.05, 3.63) is 40.6 Å². The number of imidazole rings is 1. The van der Waals surface area contributed by atoms with E-state index in [2.05, 4.69) is 45.7 Å². The Hall–Kier alpha value is -1.13. The summed E-state index contributed by atoms with van der Waals surface area (Å²) in [4.78, 5) is 4.37. The van der Waals surface area contributed by atoms with Crippen molar-refractivity contribution in [1.29, 1.82) is 0 Å². The Morgan fingerprint density at radius 3 is 3.00 bits per heavy atom. The Bertz CT molecular complexity index is 433. The number of nitrogens with zero attached hydrogens (tertiary/aromatic N) is 2. The number of aryl methyl sites for hydroxylation is 2. The maximum Gasteiger partial charge on any atom is 0.108 e. The fourth-order valence-corrected chi connectivity index (χ4v) is 2.73. The second-order valence-corrected chi connectivity index (χ2v) is 4.94. The molecule has 0 saturated carbocycles. The first kappa shape index (κ1) is 12.3. The van der Waals surface area contributed by atoms with Gasteiger partial charge in [-0.15, -0.1) is 0 Å². The highest BCUT2D eigenvalue weighted by Gasteiger charge is 2.11. The monoisotopic (exact) mass is 249 g/mol. The van der Waals surface area contributed by atoms with Crippen LogP contribution in [-0.4, -0.2) is 16.1 Å². The molecule has 17 heavy (non-hydrogen) atoms. The molecule has 1 N–H and O–H groups in total. The van der Waals surface area contributed by atoms with Crippen LogP contribution in [-0.2, 0) is 13.5 Å². The van der Waals surface area contributed by atoms with Gasteiger partial charge in [-0.2, -0.15) is 11.3 Å². The van der Waals surface area contributed by atoms with Gasteiger partial charge in [-0.1, -0.05) is 6.92 Å². The Morgan fingerprint density at radius 2 is 2.41 bits per heavy atom. The molecule has 0 bridgehead atoms. The van der Waals surface area contributed by atoms with Gasteiger partial charge in [-0.05, 0) is 35.4 Å². The number of hydrogen-bond donors (Lipinski definition) is 1. The van der Waals surface area contributed by atoms with Crippen LogP contribution in [0.25, 0.3) is 0 Å². The number of hydrogen-bond acceptors (Lipinski definition) is 3. The molecule has 0 fully saturated rings. The van der Waals surface area contributed by atoms with Crippen molar-refractivity contribution in [3.8, 4) is 0 Å². The van der Waals surface area contributed by atoms with Crippen molar-refractivity contribution in [2.24, 2.45) is 7.05 Å². The zero-order valence-electron chi connectivity index (χ0n) is 10.4. The van der Waals surface area contributed by atoms with E-state index >= 15 is 0 Å². The van der Waals surface area contributed by atoms with E-state index in [4.69, 9.17) is 0 Å². The number of rotatable bonds is 6. The van der Waals surface area contributed by atoms with Crippen LogP contribution in [0.15, 0.2) is 29.2 Å². The normalized spacial score (nSPS) is 12.8. The summed E-state index contributed by atoms with van der Waals surface area (Å²) < 4.78 is 2.09. The van der Waals surface area contributed by atoms with Gasteiger partial charge in [-0.25, -0.2) is 4.98 Å². The van der Waals surface area contributed by atoms with Gasteiger partial charge in [0.15, 0.2) is 0 Å². The Morgan fingerprint density at radius 1 is 1.53 bits per heavy atom. The van der Waals surface area contributed by atoms with Gasteiger partial charge >= 0.3 is 0 Å². The van der Waals surface area contributed by atoms with Crippen LogP contribution in [0.3, 0.4) is 0 Å². The molecule has 0 saturated heterocycles. The van der Waals surface area contributed by atoms with Crippen molar-refractivity contribution in [3.63, 3.8) is 0 Å². The summed E-state index contributed by atoms with van der Waals surface area (Å²) in [5, 5.41) is 7.90. The van der Waals surface area contributed by atoms with Crippen molar-refractivity contribution < 1.29 is 0 Å². The van der Waals surface area contributed by atoms with E-state index in [-0.39, 0.29) is 0 Å². The molecule has 0 spiro atoms. The van der Waals surface area contributed by atoms with Gasteiger partial charge in [0.25, 0.3) is 0 Å². The molecule has 3 nitrogen and oxygen atoms in total. The summed E-state index contributed by atoms with van der Waals surface area (Å²) in [5.74, 6) is 1.16. The van der Waals surface area contributed by atoms with E-state index in [0.29, 0.717) is 6.04 Å². The van der Waals surface area contributed by atoms with E-state index in [1.807, 2.05) is 12.4 Å². The molecule has 0 aromatic carbocycles. The number of aromatic nitrogens is 2. The van der Waals surface area contributed by atoms with Gasteiger partial charge < -0.3 is 9.88 Å². The van der Waals surface area contributed by atoms with Crippen LogP contribution in [0.4, 0.5) is 0 Å². The second kappa shape index (κ2) is 5.98. The lowest BCUT2D eigenvalue weighted by molar-refractivity contribution is 0.507. The van der Waals surface area contributed by atoms with E-state index in [1.54, 1.807) is 11.3 Å². The summed E-state index contributed by atoms with van der Waals surface area (Å²) >= 11 is 1.76. The first-order chi connectivity index (χ1) is 8.31. The fraction of sp³-hybridized carbons (Fsp3) is 0.462. The van der Waals surface area contributed by atoms with Crippen LogP contribution in [0.1, 0.15) is 30.8 Å². The Balaban J connectivity index is 1.97. The number of nitrogens with one attached hydrogen (secondary N) is 1. The van der Waals surface area contributed by atoms with Gasteiger partial charge in [0.1, 0.15) is 5.82 Å². The summed E-state index contributed by atoms with van der Waals surface area (Å²) in [6, 6.07) is 2.65. The quantitative estimate of drug-likeness (QED) is 0.853. The number of thiophene rings is 1. The molecule has 1 unspecified atom stereocenters. The highest BCUT2D eigenvalue weighted by molar-refractivity contribution is 7.07. The molecular weight excluding hydrogens is 230 g/mol. The third kappa shape index (κ3) is 3.17. The molecule has 1 atom stereocenters. The summed E-state index contributed by atoms with van der Waals surface area (Å²) in [6.45, 7) is 3.15. The van der Waals surface area contributed by atoms with Crippen LogP contribution in [0.5, 0.6) is 0 Å². The van der Waals surface area contributed by atoms with Crippen LogP contribution in [0, 0.1) is 0 Å². The van der Waals surface area contributed by atoms with Gasteiger partial charge in [0, 0.05) is 31.9 Å². The third-order valence-electron chi connectivity index (χ3n) is 2.97. The lowest BCUT2D eigenvalue weighted by atomic mass is 10.1. The van der Waals surface area contributed by atoms with Crippen LogP contribution in [0.2, 0.25) is 0 Å². The predicted molar refractivity (Wildman–Crippen MR) is 72.3 cm³/mol. The zero-order valence-corrected chi connectivity index (χ0v) is 11.2. The largest absolute Gasteiger partial charge is 0.338 e. The lowest BCUT2D eigenvalue weighted by Crippen LogP contribution is -2.21. The van der Waals surface area contributed by atoms with Gasteiger partial charge in [-0.3, -0.25) is 0 Å². The molecular formula is C13H19N3S. The summed E-state index contributed by atoms with van der Waals surface area (Å²) in [6.07, 6.45) is 5.97. The predicted octanol–water partition coefficient (Wildman–Crippen LogP) is 2.77. The van der Waals surface area contributed by atoms with E-state index in [9.17, 15) is 0 Å². The Kier molecular flexibility index (Phi) is 4.34. The van der Waals surface area contributed by atoms with Crippen LogP contribution < -0.4 is 5.32 Å². The first-order valence-electron chi connectivity index (χ1n) is 6.03. The molecule has 0 aliphatic carbocycles. The SMILES string of the molecule is CCNC(CCc1nccn1C)c1ccsc1. The minimum Gasteiger partial charge on any atom is -0.338 e. The molecule has 2 heterocycles. The fourth-order valence-electron chi connectivity index (χ4n) is 2.02. The van der Waals surface area contributed by atoms with Crippen LogP contribution >= 0.6 is 11.3 Å². The minimum atomic E-state index is 0.447. The minimum absolute atomic E-state index is 0.447. The van der Waals surface area contributed by atoms with Crippen molar-refractivity contribution in [2.75, 3.05) is 6.54 Å². The van der Waals surface area contributed by atoms with E-state index in [1.165, 1.54) is 5.56 Å². The average Bonchev–Trinajstić information content (AvgIpc) is 2.96. The highest BCUT2D eigenvalue weighted by atomic mass is 32.1. The maximum absolute atomic E-state index is 4.37. The molecule has 2 aromatic heterocycles. The molecule has 0 radical (unpaired) electrons. The zero-order chi connectivity index (χ0) is 12.1. The standard InChI is InChI=1S/C13H19N3S/c1-3-14-12(11-6-9-17-10-11)4-5-13-15-7-8-16(13)2/h6-10,12,14H,3-5H2,1-2H3. The molecule has 0 amide bonds. The first-order valence-corrected chi connectivity index (χ1v) is 6.97. The highest BCUT2D eigenvalue weighted by Crippen LogP contribution is 2.21. The van der Waals surface area contributed by atoms with Gasteiger partial charge in [0.2, 0.25) is 0 Å². The molecule has 0 aliphatic heterocycles. The van der Waals surface area contributed by atoms with Gasteiger partial charge in [0.05, 0.1) is 0 Å². The molecule has 92 valence electrons. The average molecular weight is 249 g/mol. The second-order valence-electron chi connectivity index (χ2n) is 4.16. The third-order valence-corrected chi connectivity index (χ3v) is 3.68. The molecule has 2 aromatic rings.